The van der Waals surface area contributed by atoms with Crippen molar-refractivity contribution in [3.8, 4) is 0 Å². The zero-order valence-electron chi connectivity index (χ0n) is 18.2. The average Bonchev–Trinajstić information content (AvgIpc) is 2.71. The van der Waals surface area contributed by atoms with Crippen molar-refractivity contribution in [2.24, 2.45) is 11.7 Å². The SMILES string of the molecule is CN(C)C[C@H]1CN(CCCc2ccc(F)cc2Cl)CC[C@]1(O)c1cccc(C(N)=O)c1. The molecular formula is C24H31ClFN3O2. The Hall–Kier alpha value is -1.99. The zero-order valence-corrected chi connectivity index (χ0v) is 18.9. The highest BCUT2D eigenvalue weighted by Crippen LogP contribution is 2.38. The molecule has 0 saturated carbocycles. The number of rotatable bonds is 8. The number of halogens is 2. The number of carbonyl (C=O) groups excluding carboxylic acids is 1. The number of amides is 1. The second kappa shape index (κ2) is 10.1. The molecule has 0 unspecified atom stereocenters. The van der Waals surface area contributed by atoms with E-state index < -0.39 is 11.5 Å². The van der Waals surface area contributed by atoms with Gasteiger partial charge < -0.3 is 20.6 Å². The van der Waals surface area contributed by atoms with Crippen LogP contribution in [0, 0.1) is 11.7 Å². The van der Waals surface area contributed by atoms with Gasteiger partial charge in [-0.3, -0.25) is 4.79 Å². The molecule has 1 fully saturated rings. The van der Waals surface area contributed by atoms with E-state index in [1.807, 2.05) is 20.2 Å². The summed E-state index contributed by atoms with van der Waals surface area (Å²) in [6, 6.07) is 11.6. The third-order valence-electron chi connectivity index (χ3n) is 6.13. The first kappa shape index (κ1) is 23.7. The summed E-state index contributed by atoms with van der Waals surface area (Å²) in [5, 5.41) is 12.1. The third-order valence-corrected chi connectivity index (χ3v) is 6.48. The lowest BCUT2D eigenvalue weighted by Crippen LogP contribution is -2.53. The fourth-order valence-corrected chi connectivity index (χ4v) is 4.74. The van der Waals surface area contributed by atoms with Gasteiger partial charge in [-0.1, -0.05) is 29.8 Å². The molecule has 5 nitrogen and oxygen atoms in total. The molecule has 0 bridgehead atoms. The fraction of sp³-hybridized carbons (Fsp3) is 0.458. The van der Waals surface area contributed by atoms with Gasteiger partial charge in [-0.05, 0) is 75.3 Å². The van der Waals surface area contributed by atoms with Gasteiger partial charge >= 0.3 is 0 Å². The standard InChI is InChI=1S/C24H31ClFN3O2/c1-28(2)15-20-16-29(11-4-6-17-8-9-21(26)14-22(17)25)12-10-24(20,31)19-7-3-5-18(13-19)23(27)30/h3,5,7-9,13-14,20,31H,4,6,10-12,15-16H2,1-2H3,(H2,27,30)/t20-,24-/m0/s1. The Bertz CT molecular complexity index is 923. The third kappa shape index (κ3) is 5.83. The minimum absolute atomic E-state index is 0.0196. The summed E-state index contributed by atoms with van der Waals surface area (Å²) in [5.74, 6) is -0.837. The quantitative estimate of drug-likeness (QED) is 0.651. The molecule has 0 spiro atoms. The smallest absolute Gasteiger partial charge is 0.248 e. The topological polar surface area (TPSA) is 69.8 Å². The van der Waals surface area contributed by atoms with Crippen LogP contribution < -0.4 is 5.73 Å². The molecule has 2 aromatic carbocycles. The fourth-order valence-electron chi connectivity index (χ4n) is 4.48. The summed E-state index contributed by atoms with van der Waals surface area (Å²) in [5.41, 5.74) is 6.53. The summed E-state index contributed by atoms with van der Waals surface area (Å²) < 4.78 is 13.2. The van der Waals surface area contributed by atoms with Crippen molar-refractivity contribution in [3.05, 3.63) is 70.0 Å². The Morgan fingerprint density at radius 3 is 2.77 bits per heavy atom. The van der Waals surface area contributed by atoms with Crippen molar-refractivity contribution in [1.82, 2.24) is 9.80 Å². The maximum Gasteiger partial charge on any atom is 0.248 e. The predicted molar refractivity (Wildman–Crippen MR) is 122 cm³/mol. The van der Waals surface area contributed by atoms with E-state index in [-0.39, 0.29) is 11.7 Å². The molecule has 1 aliphatic rings. The number of hydrogen-bond acceptors (Lipinski definition) is 4. The van der Waals surface area contributed by atoms with Gasteiger partial charge in [-0.25, -0.2) is 4.39 Å². The highest BCUT2D eigenvalue weighted by molar-refractivity contribution is 6.31. The van der Waals surface area contributed by atoms with Crippen molar-refractivity contribution in [3.63, 3.8) is 0 Å². The van der Waals surface area contributed by atoms with Gasteiger partial charge in [0.15, 0.2) is 0 Å². The first-order valence-corrected chi connectivity index (χ1v) is 11.0. The number of nitrogens with two attached hydrogens (primary N) is 1. The van der Waals surface area contributed by atoms with Crippen molar-refractivity contribution in [2.75, 3.05) is 40.3 Å². The molecule has 168 valence electrons. The lowest BCUT2D eigenvalue weighted by molar-refractivity contribution is -0.0846. The summed E-state index contributed by atoms with van der Waals surface area (Å²) >= 11 is 6.15. The van der Waals surface area contributed by atoms with Crippen LogP contribution in [0.1, 0.15) is 34.3 Å². The second-order valence-electron chi connectivity index (χ2n) is 8.72. The molecule has 3 N–H and O–H groups in total. The normalized spacial score (nSPS) is 22.1. The van der Waals surface area contributed by atoms with E-state index in [1.54, 1.807) is 24.3 Å². The van der Waals surface area contributed by atoms with Crippen LogP contribution >= 0.6 is 11.6 Å². The second-order valence-corrected chi connectivity index (χ2v) is 9.13. The number of aryl methyl sites for hydroxylation is 1. The van der Waals surface area contributed by atoms with Crippen molar-refractivity contribution < 1.29 is 14.3 Å². The van der Waals surface area contributed by atoms with Crippen LogP contribution in [0.25, 0.3) is 0 Å². The first-order chi connectivity index (χ1) is 14.7. The van der Waals surface area contributed by atoms with Crippen LogP contribution in [0.15, 0.2) is 42.5 Å². The Labute approximate surface area is 188 Å². The number of piperidine rings is 1. The van der Waals surface area contributed by atoms with Gasteiger partial charge in [0.25, 0.3) is 0 Å². The summed E-state index contributed by atoms with van der Waals surface area (Å²) in [7, 11) is 3.99. The Balaban J connectivity index is 1.69. The van der Waals surface area contributed by atoms with E-state index in [0.29, 0.717) is 17.0 Å². The molecule has 3 rings (SSSR count). The number of carbonyl (C=O) groups is 1. The number of likely N-dealkylation sites (tertiary alicyclic amines) is 1. The average molecular weight is 448 g/mol. The number of nitrogens with zero attached hydrogens (tertiary/aromatic N) is 2. The summed E-state index contributed by atoms with van der Waals surface area (Å²) in [6.07, 6.45) is 2.25. The van der Waals surface area contributed by atoms with Crippen LogP contribution in [-0.4, -0.2) is 61.1 Å². The maximum absolute atomic E-state index is 13.2. The number of primary amides is 1. The summed E-state index contributed by atoms with van der Waals surface area (Å²) in [6.45, 7) is 3.08. The molecule has 31 heavy (non-hydrogen) atoms. The van der Waals surface area contributed by atoms with Gasteiger partial charge in [-0.2, -0.15) is 0 Å². The number of hydrogen-bond donors (Lipinski definition) is 2. The molecule has 7 heteroatoms. The van der Waals surface area contributed by atoms with Crippen molar-refractivity contribution in [2.45, 2.75) is 24.9 Å². The molecule has 1 aliphatic heterocycles. The van der Waals surface area contributed by atoms with E-state index in [2.05, 4.69) is 9.80 Å². The number of benzene rings is 2. The molecule has 2 aromatic rings. The predicted octanol–water partition coefficient (Wildman–Crippen LogP) is 3.28. The maximum atomic E-state index is 13.2. The van der Waals surface area contributed by atoms with Gasteiger partial charge in [0.1, 0.15) is 5.82 Å². The van der Waals surface area contributed by atoms with Gasteiger partial charge in [-0.15, -0.1) is 0 Å². The van der Waals surface area contributed by atoms with Gasteiger partial charge in [0.05, 0.1) is 5.60 Å². The van der Waals surface area contributed by atoms with Crippen LogP contribution in [0.2, 0.25) is 5.02 Å². The largest absolute Gasteiger partial charge is 0.385 e. The molecular weight excluding hydrogens is 417 g/mol. The highest BCUT2D eigenvalue weighted by Gasteiger charge is 2.43. The molecule has 0 radical (unpaired) electrons. The molecule has 2 atom stereocenters. The van der Waals surface area contributed by atoms with E-state index in [1.165, 1.54) is 12.1 Å². The molecule has 0 aliphatic carbocycles. The van der Waals surface area contributed by atoms with E-state index >= 15 is 0 Å². The van der Waals surface area contributed by atoms with Crippen LogP contribution in [0.3, 0.4) is 0 Å². The van der Waals surface area contributed by atoms with Crippen molar-refractivity contribution in [1.29, 1.82) is 0 Å². The monoisotopic (exact) mass is 447 g/mol. The highest BCUT2D eigenvalue weighted by atomic mass is 35.5. The van der Waals surface area contributed by atoms with Crippen LogP contribution in [-0.2, 0) is 12.0 Å². The Kier molecular flexibility index (Phi) is 7.70. The first-order valence-electron chi connectivity index (χ1n) is 10.6. The van der Waals surface area contributed by atoms with Crippen molar-refractivity contribution >= 4 is 17.5 Å². The minimum atomic E-state index is -1.02. The Morgan fingerprint density at radius 2 is 2.10 bits per heavy atom. The lowest BCUT2D eigenvalue weighted by Gasteiger charge is -2.46. The Morgan fingerprint density at radius 1 is 1.32 bits per heavy atom. The van der Waals surface area contributed by atoms with Gasteiger partial charge in [0, 0.05) is 36.1 Å². The zero-order chi connectivity index (χ0) is 22.6. The van der Waals surface area contributed by atoms with E-state index in [9.17, 15) is 14.3 Å². The van der Waals surface area contributed by atoms with Gasteiger partial charge in [0.2, 0.25) is 5.91 Å². The summed E-state index contributed by atoms with van der Waals surface area (Å²) in [4.78, 5) is 16.1. The molecule has 1 heterocycles. The minimum Gasteiger partial charge on any atom is -0.385 e. The van der Waals surface area contributed by atoms with E-state index in [4.69, 9.17) is 17.3 Å². The lowest BCUT2D eigenvalue weighted by atomic mass is 9.75. The number of aliphatic hydroxyl groups is 1. The molecule has 0 aromatic heterocycles. The molecule has 1 saturated heterocycles. The molecule has 1 amide bonds. The van der Waals surface area contributed by atoms with Crippen LogP contribution in [0.4, 0.5) is 4.39 Å². The van der Waals surface area contributed by atoms with Crippen LogP contribution in [0.5, 0.6) is 0 Å². The van der Waals surface area contributed by atoms with E-state index in [0.717, 1.165) is 50.1 Å².